The molecule has 1 aromatic rings. The Bertz CT molecular complexity index is 532. The van der Waals surface area contributed by atoms with Crippen LogP contribution in [-0.2, 0) is 26.5 Å². The zero-order chi connectivity index (χ0) is 17.6. The van der Waals surface area contributed by atoms with Crippen molar-refractivity contribution in [2.24, 2.45) is 0 Å². The number of benzene rings is 1. The molecule has 8 heteroatoms. The fourth-order valence-electron chi connectivity index (χ4n) is 2.98. The quantitative estimate of drug-likeness (QED) is 0.635. The summed E-state index contributed by atoms with van der Waals surface area (Å²) in [6.45, 7) is 1.57. The summed E-state index contributed by atoms with van der Waals surface area (Å²) >= 11 is 7.21. The highest BCUT2D eigenvalue weighted by Gasteiger charge is 2.46. The van der Waals surface area contributed by atoms with E-state index in [2.05, 4.69) is 17.0 Å². The molecule has 3 N–H and O–H groups in total. The van der Waals surface area contributed by atoms with Gasteiger partial charge in [0.1, 0.15) is 18.3 Å². The van der Waals surface area contributed by atoms with Gasteiger partial charge < -0.3 is 24.4 Å². The Morgan fingerprint density at radius 1 is 1.08 bits per heavy atom. The van der Waals surface area contributed by atoms with E-state index in [4.69, 9.17) is 26.0 Å². The molecule has 5 unspecified atom stereocenters. The average molecular weight is 390 g/mol. The normalized spacial score (nSPS) is 32.8. The molecule has 140 valence electrons. The summed E-state index contributed by atoms with van der Waals surface area (Å²) in [5, 5.41) is 20.4. The first-order chi connectivity index (χ1) is 12.2. The zero-order valence-corrected chi connectivity index (χ0v) is 15.4. The number of fused-ring (bicyclic) bond motifs is 6. The van der Waals surface area contributed by atoms with E-state index in [1.165, 1.54) is 5.56 Å². The summed E-state index contributed by atoms with van der Waals surface area (Å²) in [5.41, 5.74) is 2.33. The molecule has 2 bridgehead atoms. The molecule has 6 nitrogen and oxygen atoms in total. The Morgan fingerprint density at radius 3 is 2.56 bits per heavy atom. The van der Waals surface area contributed by atoms with Gasteiger partial charge in [0.25, 0.3) is 0 Å². The van der Waals surface area contributed by atoms with Crippen LogP contribution in [0.4, 0.5) is 0 Å². The van der Waals surface area contributed by atoms with Crippen LogP contribution in [0.15, 0.2) is 24.3 Å². The molecular weight excluding hydrogens is 366 g/mol. The summed E-state index contributed by atoms with van der Waals surface area (Å²) in [5.74, 6) is 1.48. The molecule has 25 heavy (non-hydrogen) atoms. The topological polar surface area (TPSA) is 80.2 Å². The van der Waals surface area contributed by atoms with Crippen molar-refractivity contribution < 1.29 is 24.4 Å². The van der Waals surface area contributed by atoms with Crippen molar-refractivity contribution in [1.29, 1.82) is 0 Å². The van der Waals surface area contributed by atoms with E-state index in [1.54, 1.807) is 11.8 Å². The van der Waals surface area contributed by atoms with Gasteiger partial charge in [-0.2, -0.15) is 11.8 Å². The number of halogens is 1. The van der Waals surface area contributed by atoms with Gasteiger partial charge in [0.2, 0.25) is 0 Å². The van der Waals surface area contributed by atoms with Crippen LogP contribution in [0.25, 0.3) is 0 Å². The van der Waals surface area contributed by atoms with E-state index in [9.17, 15) is 10.2 Å². The third kappa shape index (κ3) is 5.08. The summed E-state index contributed by atoms with van der Waals surface area (Å²) in [4.78, 5) is 2.61. The zero-order valence-electron chi connectivity index (χ0n) is 13.8. The smallest absolute Gasteiger partial charge is 0.186 e. The minimum Gasteiger partial charge on any atom is -0.387 e. The molecular formula is C17H24ClNO5S. The van der Waals surface area contributed by atoms with Crippen LogP contribution in [0.3, 0.4) is 0 Å². The highest BCUT2D eigenvalue weighted by atomic mass is 35.5. The molecule has 0 amide bonds. The standard InChI is InChI=1S/C17H24ClNO5S/c18-19-8-11-2-4-12(5-3-11)9-25-10-13-16-14(20)15(21)17(24-13)23-7-1-6-22-16/h2-5,13-17,19-21H,1,6-10H2. The highest BCUT2D eigenvalue weighted by molar-refractivity contribution is 7.98. The Hall–Kier alpha value is -0.380. The molecule has 3 fully saturated rings. The molecule has 5 atom stereocenters. The van der Waals surface area contributed by atoms with Crippen molar-refractivity contribution in [3.8, 4) is 0 Å². The molecule has 0 radical (unpaired) electrons. The van der Waals surface area contributed by atoms with E-state index < -0.39 is 24.6 Å². The molecule has 3 aliphatic rings. The molecule has 1 aromatic carbocycles. The Balaban J connectivity index is 1.54. The van der Waals surface area contributed by atoms with Crippen molar-refractivity contribution in [3.05, 3.63) is 35.4 Å². The number of thioether (sulfide) groups is 1. The average Bonchev–Trinajstić information content (AvgIpc) is 2.76. The minimum atomic E-state index is -1.08. The number of hydrogen-bond acceptors (Lipinski definition) is 7. The first kappa shape index (κ1) is 19.4. The van der Waals surface area contributed by atoms with Gasteiger partial charge in [0.05, 0.1) is 12.7 Å². The van der Waals surface area contributed by atoms with Crippen LogP contribution >= 0.6 is 23.5 Å². The Kier molecular flexibility index (Phi) is 7.39. The van der Waals surface area contributed by atoms with Crippen LogP contribution in [0.1, 0.15) is 17.5 Å². The fraction of sp³-hybridized carbons (Fsp3) is 0.647. The lowest BCUT2D eigenvalue weighted by Gasteiger charge is -2.41. The number of aliphatic hydroxyl groups is 2. The maximum Gasteiger partial charge on any atom is 0.186 e. The number of rotatable bonds is 6. The predicted molar refractivity (Wildman–Crippen MR) is 96.3 cm³/mol. The van der Waals surface area contributed by atoms with Gasteiger partial charge in [-0.3, -0.25) is 0 Å². The number of hydrogen-bond donors (Lipinski definition) is 3. The Labute approximate surface area is 156 Å². The first-order valence-corrected chi connectivity index (χ1v) is 9.96. The highest BCUT2D eigenvalue weighted by Crippen LogP contribution is 2.29. The largest absolute Gasteiger partial charge is 0.387 e. The second-order valence-corrected chi connectivity index (χ2v) is 7.52. The molecule has 3 heterocycles. The molecule has 0 aromatic heterocycles. The van der Waals surface area contributed by atoms with E-state index in [0.29, 0.717) is 25.5 Å². The van der Waals surface area contributed by atoms with Crippen LogP contribution in [-0.4, -0.2) is 59.9 Å². The number of ether oxygens (including phenoxy) is 3. The van der Waals surface area contributed by atoms with Gasteiger partial charge in [-0.15, -0.1) is 0 Å². The Morgan fingerprint density at radius 2 is 1.80 bits per heavy atom. The number of nitrogens with one attached hydrogen (secondary N) is 1. The van der Waals surface area contributed by atoms with Crippen molar-refractivity contribution in [3.63, 3.8) is 0 Å². The lowest BCUT2D eigenvalue weighted by molar-refractivity contribution is -0.289. The lowest BCUT2D eigenvalue weighted by atomic mass is 10.00. The van der Waals surface area contributed by atoms with Gasteiger partial charge in [0, 0.05) is 24.7 Å². The third-order valence-corrected chi connectivity index (χ3v) is 5.60. The van der Waals surface area contributed by atoms with E-state index in [0.717, 1.165) is 17.7 Å². The summed E-state index contributed by atoms with van der Waals surface area (Å²) < 4.78 is 17.1. The summed E-state index contributed by atoms with van der Waals surface area (Å²) in [6, 6.07) is 8.23. The maximum absolute atomic E-state index is 10.3. The second kappa shape index (κ2) is 9.53. The molecule has 4 rings (SSSR count). The minimum absolute atomic E-state index is 0.314. The van der Waals surface area contributed by atoms with Gasteiger partial charge in [-0.05, 0) is 29.3 Å². The fourth-order valence-corrected chi connectivity index (χ4v) is 4.19. The maximum atomic E-state index is 10.3. The van der Waals surface area contributed by atoms with Crippen molar-refractivity contribution in [2.45, 2.75) is 49.4 Å². The monoisotopic (exact) mass is 389 g/mol. The van der Waals surface area contributed by atoms with Crippen LogP contribution in [0.5, 0.6) is 0 Å². The third-order valence-electron chi connectivity index (χ3n) is 4.37. The second-order valence-electron chi connectivity index (χ2n) is 6.23. The van der Waals surface area contributed by atoms with E-state index in [1.807, 2.05) is 12.1 Å². The van der Waals surface area contributed by atoms with Gasteiger partial charge in [-0.25, -0.2) is 4.84 Å². The summed E-state index contributed by atoms with van der Waals surface area (Å²) in [6.07, 6.45) is -2.99. The molecule has 0 saturated carbocycles. The SMILES string of the molecule is OC1C2OCCCOC(C(CSCc3ccc(CNCl)cc3)O2)C1O. The van der Waals surface area contributed by atoms with Gasteiger partial charge in [-0.1, -0.05) is 24.3 Å². The molecule has 3 aliphatic heterocycles. The summed E-state index contributed by atoms with van der Waals surface area (Å²) in [7, 11) is 0. The van der Waals surface area contributed by atoms with Crippen LogP contribution in [0, 0.1) is 0 Å². The van der Waals surface area contributed by atoms with Crippen LogP contribution in [0.2, 0.25) is 0 Å². The predicted octanol–water partition coefficient (Wildman–Crippen LogP) is 1.42. The van der Waals surface area contributed by atoms with Crippen molar-refractivity contribution in [2.75, 3.05) is 19.0 Å². The first-order valence-electron chi connectivity index (χ1n) is 8.43. The van der Waals surface area contributed by atoms with Crippen molar-refractivity contribution in [1.82, 2.24) is 4.84 Å². The van der Waals surface area contributed by atoms with Gasteiger partial charge >= 0.3 is 0 Å². The van der Waals surface area contributed by atoms with E-state index in [-0.39, 0.29) is 6.10 Å². The number of aliphatic hydroxyl groups excluding tert-OH is 2. The van der Waals surface area contributed by atoms with E-state index >= 15 is 0 Å². The van der Waals surface area contributed by atoms with Gasteiger partial charge in [0.15, 0.2) is 6.29 Å². The molecule has 3 saturated heterocycles. The molecule has 0 aliphatic carbocycles. The molecule has 0 spiro atoms. The van der Waals surface area contributed by atoms with Crippen molar-refractivity contribution >= 4 is 23.5 Å². The lowest BCUT2D eigenvalue weighted by Crippen LogP contribution is -2.59. The van der Waals surface area contributed by atoms with Crippen LogP contribution < -0.4 is 4.84 Å².